The highest BCUT2D eigenvalue weighted by Crippen LogP contribution is 2.37. The molecule has 6 nitrogen and oxygen atoms in total. The van der Waals surface area contributed by atoms with Gasteiger partial charge < -0.3 is 19.6 Å². The van der Waals surface area contributed by atoms with Crippen LogP contribution in [0.5, 0.6) is 5.75 Å². The van der Waals surface area contributed by atoms with Gasteiger partial charge in [0, 0.05) is 35.8 Å². The number of aromatic hydroxyl groups is 1. The van der Waals surface area contributed by atoms with E-state index < -0.39 is 6.43 Å². The molecule has 9 heteroatoms. The fourth-order valence-electron chi connectivity index (χ4n) is 3.93. The summed E-state index contributed by atoms with van der Waals surface area (Å²) in [6.45, 7) is 2.81. The van der Waals surface area contributed by atoms with Gasteiger partial charge >= 0.3 is 0 Å². The fraction of sp³-hybridized carbons (Fsp3) is 0.474. The maximum Gasteiger partial charge on any atom is 0.266 e. The number of likely N-dealkylation sites (N-methyl/N-ethyl adjacent to an activating group) is 1. The zero-order valence-corrected chi connectivity index (χ0v) is 16.1. The van der Waals surface area contributed by atoms with Crippen LogP contribution in [0.2, 0.25) is 5.02 Å². The molecular weight excluding hydrogens is 390 g/mol. The van der Waals surface area contributed by atoms with Gasteiger partial charge in [-0.05, 0) is 37.7 Å². The summed E-state index contributed by atoms with van der Waals surface area (Å²) in [5.41, 5.74) is -0.135. The number of likely N-dealkylation sites (tertiary alicyclic amines) is 1. The number of phenolic OH excluding ortho intramolecular Hbond substituents is 1. The molecule has 1 aromatic carbocycles. The highest BCUT2D eigenvalue weighted by atomic mass is 35.5. The Morgan fingerprint density at radius 3 is 2.82 bits per heavy atom. The van der Waals surface area contributed by atoms with Crippen molar-refractivity contribution in [1.82, 2.24) is 15.1 Å². The van der Waals surface area contributed by atoms with Crippen molar-refractivity contribution in [1.29, 1.82) is 0 Å². The first kappa shape index (κ1) is 19.3. The lowest BCUT2D eigenvalue weighted by Gasteiger charge is -2.46. The van der Waals surface area contributed by atoms with E-state index in [1.54, 1.807) is 0 Å². The lowest BCUT2D eigenvalue weighted by atomic mass is 9.98. The standard InChI is InChI=1S/C19H21ClF2N4O2/c1-25-5-4-16-14(10-25)26(6-7-28-16)17-9-13(19(21)22)18(24-23-17)12-3-2-11(20)8-15(12)27/h2-3,8-9,14,16,19,27H,4-7,10H2,1H3/t14-,16+/m0/s1. The molecule has 0 aliphatic carbocycles. The van der Waals surface area contributed by atoms with Crippen molar-refractivity contribution in [3.8, 4) is 17.0 Å². The lowest BCUT2D eigenvalue weighted by molar-refractivity contribution is -0.0246. The number of phenols is 1. The smallest absolute Gasteiger partial charge is 0.266 e. The molecular formula is C19H21ClF2N4O2. The van der Waals surface area contributed by atoms with Gasteiger partial charge in [-0.2, -0.15) is 0 Å². The van der Waals surface area contributed by atoms with E-state index >= 15 is 0 Å². The van der Waals surface area contributed by atoms with Crippen LogP contribution in [-0.4, -0.2) is 65.6 Å². The number of piperidine rings is 1. The first-order chi connectivity index (χ1) is 13.4. The van der Waals surface area contributed by atoms with Crippen LogP contribution in [0.25, 0.3) is 11.3 Å². The van der Waals surface area contributed by atoms with Crippen LogP contribution in [0, 0.1) is 0 Å². The second-order valence-electron chi connectivity index (χ2n) is 7.19. The Hall–Kier alpha value is -2.03. The number of aromatic nitrogens is 2. The number of morpholine rings is 1. The summed E-state index contributed by atoms with van der Waals surface area (Å²) in [4.78, 5) is 4.21. The predicted octanol–water partition coefficient (Wildman–Crippen LogP) is 3.35. The molecule has 0 amide bonds. The molecule has 150 valence electrons. The van der Waals surface area contributed by atoms with Crippen LogP contribution in [0.4, 0.5) is 14.6 Å². The van der Waals surface area contributed by atoms with E-state index in [0.717, 1.165) is 19.5 Å². The number of alkyl halides is 2. The third kappa shape index (κ3) is 3.64. The average molecular weight is 411 g/mol. The maximum atomic E-state index is 13.8. The van der Waals surface area contributed by atoms with Crippen LogP contribution in [0.15, 0.2) is 24.3 Å². The Kier molecular flexibility index (Phi) is 5.35. The summed E-state index contributed by atoms with van der Waals surface area (Å²) in [6.07, 6.45) is -1.81. The minimum Gasteiger partial charge on any atom is -0.507 e. The Labute approximate surface area is 166 Å². The topological polar surface area (TPSA) is 61.7 Å². The zero-order chi connectivity index (χ0) is 19.8. The molecule has 0 spiro atoms. The first-order valence-corrected chi connectivity index (χ1v) is 9.53. The molecule has 0 unspecified atom stereocenters. The second-order valence-corrected chi connectivity index (χ2v) is 7.63. The number of halogens is 3. The van der Waals surface area contributed by atoms with Crippen LogP contribution in [0.3, 0.4) is 0 Å². The van der Waals surface area contributed by atoms with Crippen molar-refractivity contribution < 1.29 is 18.6 Å². The Morgan fingerprint density at radius 1 is 1.25 bits per heavy atom. The molecule has 2 atom stereocenters. The van der Waals surface area contributed by atoms with Crippen LogP contribution >= 0.6 is 11.6 Å². The Bertz CT molecular complexity index is 870. The highest BCUT2D eigenvalue weighted by molar-refractivity contribution is 6.30. The minimum atomic E-state index is -2.76. The van der Waals surface area contributed by atoms with Gasteiger partial charge in [-0.1, -0.05) is 11.6 Å². The van der Waals surface area contributed by atoms with E-state index in [0.29, 0.717) is 24.0 Å². The number of anilines is 1. The second kappa shape index (κ2) is 7.77. The van der Waals surface area contributed by atoms with Crippen molar-refractivity contribution in [3.63, 3.8) is 0 Å². The zero-order valence-electron chi connectivity index (χ0n) is 15.4. The lowest BCUT2D eigenvalue weighted by Crippen LogP contribution is -2.59. The number of benzene rings is 1. The molecule has 3 heterocycles. The van der Waals surface area contributed by atoms with Crippen molar-refractivity contribution in [2.45, 2.75) is 25.0 Å². The average Bonchev–Trinajstić information content (AvgIpc) is 2.67. The van der Waals surface area contributed by atoms with Crippen LogP contribution in [0.1, 0.15) is 18.4 Å². The quantitative estimate of drug-likeness (QED) is 0.837. The molecule has 1 N–H and O–H groups in total. The maximum absolute atomic E-state index is 13.8. The summed E-state index contributed by atoms with van der Waals surface area (Å²) >= 11 is 5.84. The van der Waals surface area contributed by atoms with E-state index in [-0.39, 0.29) is 34.7 Å². The SMILES string of the molecule is CN1CC[C@H]2OCCN(c3cc(C(F)F)c(-c4ccc(Cl)cc4O)nn3)[C@H]2C1. The van der Waals surface area contributed by atoms with Crippen molar-refractivity contribution in [2.24, 2.45) is 0 Å². The molecule has 2 saturated heterocycles. The largest absolute Gasteiger partial charge is 0.507 e. The normalized spacial score (nSPS) is 23.1. The van der Waals surface area contributed by atoms with Gasteiger partial charge in [0.05, 0.1) is 18.8 Å². The molecule has 2 aliphatic rings. The van der Waals surface area contributed by atoms with E-state index in [1.165, 1.54) is 24.3 Å². The number of hydrogen-bond acceptors (Lipinski definition) is 6. The van der Waals surface area contributed by atoms with Gasteiger partial charge in [0.25, 0.3) is 6.43 Å². The molecule has 28 heavy (non-hydrogen) atoms. The third-order valence-corrected chi connectivity index (χ3v) is 5.58. The molecule has 2 aromatic rings. The van der Waals surface area contributed by atoms with E-state index in [9.17, 15) is 13.9 Å². The van der Waals surface area contributed by atoms with Gasteiger partial charge in [-0.3, -0.25) is 0 Å². The Morgan fingerprint density at radius 2 is 2.07 bits per heavy atom. The van der Waals surface area contributed by atoms with Gasteiger partial charge in [0.2, 0.25) is 0 Å². The molecule has 0 bridgehead atoms. The molecule has 0 radical (unpaired) electrons. The first-order valence-electron chi connectivity index (χ1n) is 9.15. The van der Waals surface area contributed by atoms with E-state index in [1.807, 2.05) is 11.9 Å². The van der Waals surface area contributed by atoms with Crippen LogP contribution in [-0.2, 0) is 4.74 Å². The summed E-state index contributed by atoms with van der Waals surface area (Å²) < 4.78 is 33.5. The van der Waals surface area contributed by atoms with Crippen molar-refractivity contribution in [3.05, 3.63) is 34.9 Å². The third-order valence-electron chi connectivity index (χ3n) is 5.34. The minimum absolute atomic E-state index is 0.0431. The van der Waals surface area contributed by atoms with Gasteiger partial charge in [0.15, 0.2) is 5.82 Å². The predicted molar refractivity (Wildman–Crippen MR) is 102 cm³/mol. The summed E-state index contributed by atoms with van der Waals surface area (Å²) in [7, 11) is 2.03. The fourth-order valence-corrected chi connectivity index (χ4v) is 4.10. The van der Waals surface area contributed by atoms with Gasteiger partial charge in [-0.25, -0.2) is 8.78 Å². The monoisotopic (exact) mass is 410 g/mol. The molecule has 4 rings (SSSR count). The van der Waals surface area contributed by atoms with E-state index in [2.05, 4.69) is 15.1 Å². The van der Waals surface area contributed by atoms with Crippen molar-refractivity contribution in [2.75, 3.05) is 38.2 Å². The molecule has 2 fully saturated rings. The number of nitrogens with zero attached hydrogens (tertiary/aromatic N) is 4. The molecule has 0 saturated carbocycles. The number of ether oxygens (including phenoxy) is 1. The Balaban J connectivity index is 1.72. The molecule has 1 aromatic heterocycles. The number of fused-ring (bicyclic) bond motifs is 1. The van der Waals surface area contributed by atoms with Crippen molar-refractivity contribution >= 4 is 17.4 Å². The van der Waals surface area contributed by atoms with Crippen LogP contribution < -0.4 is 4.90 Å². The number of hydrogen-bond donors (Lipinski definition) is 1. The van der Waals surface area contributed by atoms with Gasteiger partial charge in [-0.15, -0.1) is 10.2 Å². The van der Waals surface area contributed by atoms with E-state index in [4.69, 9.17) is 16.3 Å². The summed E-state index contributed by atoms with van der Waals surface area (Å²) in [6, 6.07) is 5.70. The summed E-state index contributed by atoms with van der Waals surface area (Å²) in [5, 5.41) is 18.7. The summed E-state index contributed by atoms with van der Waals surface area (Å²) in [5.74, 6) is 0.192. The molecule has 2 aliphatic heterocycles. The van der Waals surface area contributed by atoms with Gasteiger partial charge in [0.1, 0.15) is 11.4 Å². The highest BCUT2D eigenvalue weighted by Gasteiger charge is 2.37. The number of rotatable bonds is 3.